The van der Waals surface area contributed by atoms with Crippen LogP contribution in [0.25, 0.3) is 11.1 Å². The fraction of sp³-hybridized carbons (Fsp3) is 0.125. The molecule has 0 saturated heterocycles. The average Bonchev–Trinajstić information content (AvgIpc) is 2.62. The molecule has 1 nitrogen and oxygen atoms in total. The first-order valence-electron chi connectivity index (χ1n) is 8.44. The Bertz CT molecular complexity index is 849. The number of aryl methyl sites for hydroxylation is 1. The summed E-state index contributed by atoms with van der Waals surface area (Å²) >= 11 is 0. The van der Waals surface area contributed by atoms with Gasteiger partial charge in [-0.15, -0.1) is 0 Å². The minimum atomic E-state index is 0.716. The number of hydrogen-bond donors (Lipinski definition) is 0. The van der Waals surface area contributed by atoms with Gasteiger partial charge in [-0.1, -0.05) is 86.0 Å². The van der Waals surface area contributed by atoms with Crippen molar-refractivity contribution in [1.82, 2.24) is 0 Å². The van der Waals surface area contributed by atoms with Crippen LogP contribution in [0.2, 0.25) is 0 Å². The molecule has 0 spiro atoms. The Morgan fingerprint density at radius 1 is 1.04 bits per heavy atom. The third-order valence-corrected chi connectivity index (χ3v) is 4.04. The lowest BCUT2D eigenvalue weighted by molar-refractivity contribution is 1.33. The molecule has 2 rings (SSSR count). The van der Waals surface area contributed by atoms with E-state index >= 15 is 0 Å². The van der Waals surface area contributed by atoms with E-state index in [1.807, 2.05) is 38.1 Å². The number of benzene rings is 2. The largest absolute Gasteiger partial charge is 0.253 e. The van der Waals surface area contributed by atoms with Crippen molar-refractivity contribution in [3.05, 3.63) is 108 Å². The molecule has 0 aromatic heterocycles. The number of aliphatic imine (C=N–C) groups is 1. The van der Waals surface area contributed by atoms with E-state index in [4.69, 9.17) is 4.99 Å². The van der Waals surface area contributed by atoms with E-state index in [-0.39, 0.29) is 0 Å². The molecular formula is C24H25N. The minimum absolute atomic E-state index is 0.716. The van der Waals surface area contributed by atoms with Crippen LogP contribution >= 0.6 is 0 Å². The summed E-state index contributed by atoms with van der Waals surface area (Å²) in [6, 6.07) is 16.7. The molecule has 0 atom stereocenters. The first-order chi connectivity index (χ1) is 12.1. The van der Waals surface area contributed by atoms with Gasteiger partial charge in [-0.05, 0) is 43.0 Å². The van der Waals surface area contributed by atoms with Gasteiger partial charge < -0.3 is 0 Å². The van der Waals surface area contributed by atoms with E-state index in [1.165, 1.54) is 16.7 Å². The third-order valence-electron chi connectivity index (χ3n) is 4.04. The van der Waals surface area contributed by atoms with Crippen LogP contribution in [0, 0.1) is 6.92 Å². The van der Waals surface area contributed by atoms with Crippen LogP contribution in [0.15, 0.2) is 102 Å². The summed E-state index contributed by atoms with van der Waals surface area (Å²) in [6.45, 7) is 14.1. The topological polar surface area (TPSA) is 12.4 Å². The molecule has 2 aromatic carbocycles. The molecule has 0 bridgehead atoms. The predicted octanol–water partition coefficient (Wildman–Crippen LogP) is 6.67. The second-order valence-electron chi connectivity index (χ2n) is 5.86. The van der Waals surface area contributed by atoms with Gasteiger partial charge in [0, 0.05) is 11.3 Å². The summed E-state index contributed by atoms with van der Waals surface area (Å²) in [6.07, 6.45) is 7.70. The minimum Gasteiger partial charge on any atom is -0.253 e. The van der Waals surface area contributed by atoms with E-state index in [0.29, 0.717) is 5.70 Å². The van der Waals surface area contributed by atoms with Gasteiger partial charge in [-0.25, -0.2) is 0 Å². The molecule has 2 aromatic rings. The summed E-state index contributed by atoms with van der Waals surface area (Å²) in [7, 11) is 0. The lowest BCUT2D eigenvalue weighted by Crippen LogP contribution is -2.02. The summed E-state index contributed by atoms with van der Waals surface area (Å²) in [5, 5.41) is 0. The van der Waals surface area contributed by atoms with Crippen LogP contribution in [0.5, 0.6) is 0 Å². The van der Waals surface area contributed by atoms with Crippen molar-refractivity contribution in [3.8, 4) is 11.1 Å². The van der Waals surface area contributed by atoms with Crippen LogP contribution < -0.4 is 0 Å². The van der Waals surface area contributed by atoms with Crippen molar-refractivity contribution in [2.75, 3.05) is 0 Å². The molecule has 0 radical (unpaired) electrons. The number of rotatable bonds is 6. The fourth-order valence-corrected chi connectivity index (χ4v) is 2.81. The lowest BCUT2D eigenvalue weighted by atomic mass is 9.93. The Hall–Kier alpha value is -2.93. The Labute approximate surface area is 151 Å². The van der Waals surface area contributed by atoms with Gasteiger partial charge in [-0.2, -0.15) is 0 Å². The summed E-state index contributed by atoms with van der Waals surface area (Å²) in [5.74, 6) is 0. The first kappa shape index (κ1) is 18.4. The maximum atomic E-state index is 4.77. The summed E-state index contributed by atoms with van der Waals surface area (Å²) < 4.78 is 0. The summed E-state index contributed by atoms with van der Waals surface area (Å²) in [4.78, 5) is 4.77. The highest BCUT2D eigenvalue weighted by atomic mass is 14.8. The van der Waals surface area contributed by atoms with Crippen LogP contribution in [-0.4, -0.2) is 5.71 Å². The molecule has 0 N–H and O–H groups in total. The fourth-order valence-electron chi connectivity index (χ4n) is 2.81. The standard InChI is InChI=1S/C24H25N/c1-6-8-14-21(7-2)19(4)25-20(5)24-18(3)13-12-17-23(24)22-15-10-9-11-16-22/h6-17H,2,4H2,1,3,5H3/b8-6-,21-14+,25-20-. The molecule has 126 valence electrons. The van der Waals surface area contributed by atoms with Gasteiger partial charge in [0.1, 0.15) is 0 Å². The van der Waals surface area contributed by atoms with Gasteiger partial charge in [0.25, 0.3) is 0 Å². The van der Waals surface area contributed by atoms with Crippen LogP contribution in [0.4, 0.5) is 0 Å². The quantitative estimate of drug-likeness (QED) is 0.415. The Morgan fingerprint density at radius 3 is 2.40 bits per heavy atom. The molecule has 25 heavy (non-hydrogen) atoms. The van der Waals surface area contributed by atoms with Crippen molar-refractivity contribution in [3.63, 3.8) is 0 Å². The maximum absolute atomic E-state index is 4.77. The molecular weight excluding hydrogens is 302 g/mol. The monoisotopic (exact) mass is 327 g/mol. The van der Waals surface area contributed by atoms with E-state index in [1.54, 1.807) is 6.08 Å². The Balaban J connectivity index is 2.51. The number of hydrogen-bond acceptors (Lipinski definition) is 1. The average molecular weight is 327 g/mol. The van der Waals surface area contributed by atoms with E-state index < -0.39 is 0 Å². The molecule has 0 unspecified atom stereocenters. The van der Waals surface area contributed by atoms with Crippen LogP contribution in [-0.2, 0) is 0 Å². The molecule has 0 heterocycles. The molecule has 0 aliphatic rings. The highest BCUT2D eigenvalue weighted by Crippen LogP contribution is 2.27. The third kappa shape index (κ3) is 4.54. The number of nitrogens with zero attached hydrogens (tertiary/aromatic N) is 1. The smallest absolute Gasteiger partial charge is 0.0633 e. The van der Waals surface area contributed by atoms with E-state index in [0.717, 1.165) is 16.8 Å². The first-order valence-corrected chi connectivity index (χ1v) is 8.44. The van der Waals surface area contributed by atoms with Gasteiger partial charge >= 0.3 is 0 Å². The second kappa shape index (κ2) is 8.79. The summed E-state index contributed by atoms with van der Waals surface area (Å²) in [5.41, 5.74) is 7.33. The van der Waals surface area contributed by atoms with Crippen molar-refractivity contribution in [2.45, 2.75) is 20.8 Å². The van der Waals surface area contributed by atoms with Crippen molar-refractivity contribution in [2.24, 2.45) is 4.99 Å². The zero-order valence-electron chi connectivity index (χ0n) is 15.3. The lowest BCUT2D eigenvalue weighted by Gasteiger charge is -2.13. The molecule has 0 aliphatic carbocycles. The zero-order valence-corrected chi connectivity index (χ0v) is 15.3. The molecule has 1 heteroatoms. The van der Waals surface area contributed by atoms with E-state index in [9.17, 15) is 0 Å². The van der Waals surface area contributed by atoms with Gasteiger partial charge in [0.2, 0.25) is 0 Å². The van der Waals surface area contributed by atoms with Crippen molar-refractivity contribution >= 4 is 5.71 Å². The molecule has 0 saturated carbocycles. The predicted molar refractivity (Wildman–Crippen MR) is 111 cm³/mol. The molecule has 0 aliphatic heterocycles. The van der Waals surface area contributed by atoms with Gasteiger partial charge in [0.15, 0.2) is 0 Å². The van der Waals surface area contributed by atoms with Gasteiger partial charge in [0.05, 0.1) is 5.70 Å². The molecule has 0 amide bonds. The molecule has 0 fully saturated rings. The van der Waals surface area contributed by atoms with Crippen LogP contribution in [0.3, 0.4) is 0 Å². The Kier molecular flexibility index (Phi) is 6.47. The highest BCUT2D eigenvalue weighted by Gasteiger charge is 2.11. The van der Waals surface area contributed by atoms with Crippen molar-refractivity contribution in [1.29, 1.82) is 0 Å². The van der Waals surface area contributed by atoms with Gasteiger partial charge in [-0.3, -0.25) is 4.99 Å². The highest BCUT2D eigenvalue weighted by molar-refractivity contribution is 6.06. The second-order valence-corrected chi connectivity index (χ2v) is 5.86. The van der Waals surface area contributed by atoms with Crippen molar-refractivity contribution < 1.29 is 0 Å². The number of allylic oxidation sites excluding steroid dienone is 4. The van der Waals surface area contributed by atoms with Crippen LogP contribution in [0.1, 0.15) is 25.0 Å². The normalized spacial score (nSPS) is 12.4. The SMILES string of the molecule is C=C/C(=C\C=C/C)C(=C)/N=C(/C)c1c(C)cccc1-c1ccccc1. The zero-order chi connectivity index (χ0) is 18.2. The van der Waals surface area contributed by atoms with E-state index in [2.05, 4.69) is 62.5 Å². The maximum Gasteiger partial charge on any atom is 0.0633 e. The Morgan fingerprint density at radius 2 is 1.76 bits per heavy atom.